The molecule has 0 saturated heterocycles. The van der Waals surface area contributed by atoms with Crippen LogP contribution in [0.3, 0.4) is 0 Å². The molecule has 1 aromatic carbocycles. The number of amides is 1. The molecule has 0 bridgehead atoms. The van der Waals surface area contributed by atoms with Gasteiger partial charge in [0.15, 0.2) is 5.78 Å². The van der Waals surface area contributed by atoms with Gasteiger partial charge in [-0.3, -0.25) is 9.59 Å². The lowest BCUT2D eigenvalue weighted by molar-refractivity contribution is 0.0951. The fourth-order valence-electron chi connectivity index (χ4n) is 2.42. The number of rotatable bonds is 7. The summed E-state index contributed by atoms with van der Waals surface area (Å²) in [5.74, 6) is -0.934. The minimum Gasteiger partial charge on any atom is -0.396 e. The van der Waals surface area contributed by atoms with Crippen LogP contribution in [0, 0.1) is 19.7 Å². The summed E-state index contributed by atoms with van der Waals surface area (Å²) in [7, 11) is 0. The summed E-state index contributed by atoms with van der Waals surface area (Å²) in [5, 5.41) is 14.9. The zero-order valence-electron chi connectivity index (χ0n) is 16.4. The minimum absolute atomic E-state index is 0.0265. The number of hydrogen-bond acceptors (Lipinski definition) is 5. The van der Waals surface area contributed by atoms with E-state index in [9.17, 15) is 14.0 Å². The van der Waals surface area contributed by atoms with E-state index in [0.717, 1.165) is 16.9 Å². The zero-order valence-corrected chi connectivity index (χ0v) is 17.2. The smallest absolute Gasteiger partial charge is 0.254 e. The van der Waals surface area contributed by atoms with Gasteiger partial charge < -0.3 is 15.7 Å². The Morgan fingerprint density at radius 2 is 1.89 bits per heavy atom. The van der Waals surface area contributed by atoms with Crippen LogP contribution in [0.4, 0.5) is 15.1 Å². The van der Waals surface area contributed by atoms with Gasteiger partial charge in [-0.15, -0.1) is 11.3 Å². The average Bonchev–Trinajstić information content (AvgIpc) is 2.96. The second-order valence-electron chi connectivity index (χ2n) is 5.76. The second-order valence-corrected chi connectivity index (χ2v) is 6.78. The van der Waals surface area contributed by atoms with Crippen molar-refractivity contribution in [3.05, 3.63) is 45.6 Å². The molecule has 0 spiro atoms. The maximum Gasteiger partial charge on any atom is 0.254 e. The number of ketones is 1. The van der Waals surface area contributed by atoms with Crippen molar-refractivity contribution in [2.75, 3.05) is 18.5 Å². The normalized spacial score (nSPS) is 10.0. The van der Waals surface area contributed by atoms with Gasteiger partial charge in [0.05, 0.1) is 16.1 Å². The first kappa shape index (κ1) is 22.8. The molecule has 3 N–H and O–H groups in total. The van der Waals surface area contributed by atoms with Crippen molar-refractivity contribution in [1.29, 1.82) is 0 Å². The SMILES string of the molecule is CC.CC(=O)c1sc(Nc2ccc(C)cc2F)c(C(=O)NCCCO)c1C. The van der Waals surface area contributed by atoms with Crippen LogP contribution >= 0.6 is 11.3 Å². The number of carbonyl (C=O) groups is 2. The Morgan fingerprint density at radius 1 is 1.22 bits per heavy atom. The van der Waals surface area contributed by atoms with E-state index in [-0.39, 0.29) is 24.0 Å². The molecule has 0 fully saturated rings. The highest BCUT2D eigenvalue weighted by Gasteiger charge is 2.23. The minimum atomic E-state index is -0.429. The van der Waals surface area contributed by atoms with Gasteiger partial charge in [0.1, 0.15) is 10.8 Å². The summed E-state index contributed by atoms with van der Waals surface area (Å²) in [6.45, 7) is 9.21. The van der Waals surface area contributed by atoms with Crippen molar-refractivity contribution < 1.29 is 19.1 Å². The van der Waals surface area contributed by atoms with Crippen LogP contribution in [0.25, 0.3) is 0 Å². The summed E-state index contributed by atoms with van der Waals surface area (Å²) < 4.78 is 14.1. The van der Waals surface area contributed by atoms with Gasteiger partial charge in [-0.25, -0.2) is 4.39 Å². The number of nitrogens with one attached hydrogen (secondary N) is 2. The average molecular weight is 395 g/mol. The molecule has 5 nitrogen and oxygen atoms in total. The van der Waals surface area contributed by atoms with Crippen LogP contribution in [0.15, 0.2) is 18.2 Å². The third-order valence-electron chi connectivity index (χ3n) is 3.69. The molecule has 0 aliphatic rings. The maximum absolute atomic E-state index is 14.1. The number of aryl methyl sites for hydroxylation is 1. The Kier molecular flexibility index (Phi) is 9.11. The van der Waals surface area contributed by atoms with E-state index in [4.69, 9.17) is 5.11 Å². The van der Waals surface area contributed by atoms with Crippen molar-refractivity contribution in [2.24, 2.45) is 0 Å². The maximum atomic E-state index is 14.1. The Bertz CT molecular complexity index is 803. The van der Waals surface area contributed by atoms with Crippen LogP contribution in [0.5, 0.6) is 0 Å². The number of benzene rings is 1. The summed E-state index contributed by atoms with van der Waals surface area (Å²) in [4.78, 5) is 24.8. The van der Waals surface area contributed by atoms with E-state index in [1.807, 2.05) is 13.8 Å². The highest BCUT2D eigenvalue weighted by atomic mass is 32.1. The molecule has 0 saturated carbocycles. The van der Waals surface area contributed by atoms with Crippen LogP contribution in [0.1, 0.15) is 58.3 Å². The fraction of sp³-hybridized carbons (Fsp3) is 0.400. The highest BCUT2D eigenvalue weighted by Crippen LogP contribution is 2.36. The Hall–Kier alpha value is -2.25. The van der Waals surface area contributed by atoms with E-state index >= 15 is 0 Å². The van der Waals surface area contributed by atoms with E-state index < -0.39 is 5.82 Å². The largest absolute Gasteiger partial charge is 0.396 e. The zero-order chi connectivity index (χ0) is 20.6. The van der Waals surface area contributed by atoms with Crippen LogP contribution in [-0.2, 0) is 0 Å². The molecule has 0 aliphatic carbocycles. The van der Waals surface area contributed by atoms with Gasteiger partial charge in [0, 0.05) is 13.2 Å². The third kappa shape index (κ3) is 5.87. The van der Waals surface area contributed by atoms with E-state index in [1.165, 1.54) is 13.0 Å². The number of hydrogen-bond donors (Lipinski definition) is 3. The molecule has 1 heterocycles. The Morgan fingerprint density at radius 3 is 2.44 bits per heavy atom. The van der Waals surface area contributed by atoms with E-state index in [0.29, 0.717) is 34.0 Å². The van der Waals surface area contributed by atoms with Gasteiger partial charge in [-0.05, 0) is 50.5 Å². The lowest BCUT2D eigenvalue weighted by Crippen LogP contribution is -2.26. The number of carbonyl (C=O) groups excluding carboxylic acids is 2. The van der Waals surface area contributed by atoms with Crippen molar-refractivity contribution >= 4 is 33.7 Å². The highest BCUT2D eigenvalue weighted by molar-refractivity contribution is 7.18. The molecule has 27 heavy (non-hydrogen) atoms. The Balaban J connectivity index is 0.00000176. The molecule has 1 amide bonds. The Labute approximate surface area is 163 Å². The fourth-order valence-corrected chi connectivity index (χ4v) is 3.54. The number of anilines is 2. The number of aliphatic hydroxyl groups excluding tert-OH is 1. The summed E-state index contributed by atoms with van der Waals surface area (Å²) >= 11 is 1.13. The number of Topliss-reactive ketones (excluding diaryl/α,β-unsaturated/α-hetero) is 1. The van der Waals surface area contributed by atoms with Crippen LogP contribution < -0.4 is 10.6 Å². The van der Waals surface area contributed by atoms with Gasteiger partial charge >= 0.3 is 0 Å². The molecule has 0 radical (unpaired) electrons. The van der Waals surface area contributed by atoms with E-state index in [1.54, 1.807) is 26.0 Å². The first-order valence-corrected chi connectivity index (χ1v) is 9.73. The molecule has 0 unspecified atom stereocenters. The second kappa shape index (κ2) is 10.8. The van der Waals surface area contributed by atoms with Gasteiger partial charge in [0.2, 0.25) is 0 Å². The molecule has 2 aromatic rings. The molecule has 0 aliphatic heterocycles. The van der Waals surface area contributed by atoms with Crippen molar-refractivity contribution in [1.82, 2.24) is 5.32 Å². The van der Waals surface area contributed by atoms with Crippen LogP contribution in [-0.4, -0.2) is 29.9 Å². The molecule has 2 rings (SSSR count). The lowest BCUT2D eigenvalue weighted by Gasteiger charge is -2.10. The topological polar surface area (TPSA) is 78.4 Å². The number of halogens is 1. The summed E-state index contributed by atoms with van der Waals surface area (Å²) in [6, 6.07) is 4.76. The monoisotopic (exact) mass is 394 g/mol. The van der Waals surface area contributed by atoms with Gasteiger partial charge in [-0.1, -0.05) is 19.9 Å². The first-order valence-electron chi connectivity index (χ1n) is 8.91. The van der Waals surface area contributed by atoms with E-state index in [2.05, 4.69) is 10.6 Å². The van der Waals surface area contributed by atoms with Crippen molar-refractivity contribution in [3.8, 4) is 0 Å². The quantitative estimate of drug-likeness (QED) is 0.474. The lowest BCUT2D eigenvalue weighted by atomic mass is 10.1. The van der Waals surface area contributed by atoms with Gasteiger partial charge in [0.25, 0.3) is 5.91 Å². The van der Waals surface area contributed by atoms with Gasteiger partial charge in [-0.2, -0.15) is 0 Å². The standard InChI is InChI=1S/C18H21FN2O3S.C2H6/c1-10-5-6-14(13(19)9-10)21-18-15(17(24)20-7-4-8-22)11(2)16(25-18)12(3)23;1-2/h5-6,9,21-22H,4,7-8H2,1-3H3,(H,20,24);1-2H3. The molecular formula is C20H27FN2O3S. The third-order valence-corrected chi connectivity index (χ3v) is 4.99. The number of thiophene rings is 1. The molecule has 0 atom stereocenters. The predicted octanol–water partition coefficient (Wildman–Crippen LogP) is 4.59. The molecule has 7 heteroatoms. The summed E-state index contributed by atoms with van der Waals surface area (Å²) in [5.41, 5.74) is 1.92. The molecular weight excluding hydrogens is 367 g/mol. The van der Waals surface area contributed by atoms with Crippen molar-refractivity contribution in [3.63, 3.8) is 0 Å². The summed E-state index contributed by atoms with van der Waals surface area (Å²) in [6.07, 6.45) is 0.434. The van der Waals surface area contributed by atoms with Crippen LogP contribution in [0.2, 0.25) is 0 Å². The predicted molar refractivity (Wildman–Crippen MR) is 109 cm³/mol. The molecule has 1 aromatic heterocycles. The molecule has 148 valence electrons. The van der Waals surface area contributed by atoms with Crippen molar-refractivity contribution in [2.45, 2.75) is 41.0 Å². The number of aliphatic hydroxyl groups is 1. The first-order chi connectivity index (χ1) is 12.8.